The molecule has 1 heteroatoms. The van der Waals surface area contributed by atoms with Gasteiger partial charge in [-0.15, -0.1) is 0 Å². The normalized spacial score (nSPS) is 49.5. The van der Waals surface area contributed by atoms with Crippen LogP contribution in [0.15, 0.2) is 48.6 Å². The van der Waals surface area contributed by atoms with Crippen molar-refractivity contribution < 1.29 is 5.11 Å². The largest absolute Gasteiger partial charge is 0.392 e. The lowest BCUT2D eigenvalue weighted by atomic mass is 9.57. The molecule has 1 aromatic carbocycles. The minimum absolute atomic E-state index is 0.126. The molecular formula is C17H16O. The van der Waals surface area contributed by atoms with Gasteiger partial charge >= 0.3 is 0 Å². The van der Waals surface area contributed by atoms with Crippen LogP contribution in [-0.2, 0) is 0 Å². The fourth-order valence-corrected chi connectivity index (χ4v) is 5.16. The molecule has 0 radical (unpaired) electrons. The molecule has 1 saturated carbocycles. The third-order valence-electron chi connectivity index (χ3n) is 5.75. The van der Waals surface area contributed by atoms with Gasteiger partial charge in [0.15, 0.2) is 0 Å². The van der Waals surface area contributed by atoms with Crippen LogP contribution in [0.4, 0.5) is 0 Å². The first-order chi connectivity index (χ1) is 8.86. The molecule has 4 bridgehead atoms. The zero-order valence-corrected chi connectivity index (χ0v) is 10.1. The maximum atomic E-state index is 10.4. The average molecular weight is 236 g/mol. The van der Waals surface area contributed by atoms with Crippen molar-refractivity contribution in [2.75, 3.05) is 0 Å². The van der Waals surface area contributed by atoms with Crippen LogP contribution in [0.3, 0.4) is 0 Å². The zero-order valence-electron chi connectivity index (χ0n) is 10.1. The molecule has 1 aromatic rings. The lowest BCUT2D eigenvalue weighted by Crippen LogP contribution is -2.37. The van der Waals surface area contributed by atoms with E-state index in [9.17, 15) is 5.11 Å². The molecule has 1 fully saturated rings. The lowest BCUT2D eigenvalue weighted by molar-refractivity contribution is 0.127. The van der Waals surface area contributed by atoms with E-state index in [0.717, 1.165) is 0 Å². The molecule has 0 spiro atoms. The summed E-state index contributed by atoms with van der Waals surface area (Å²) in [6.45, 7) is 0. The van der Waals surface area contributed by atoms with Crippen LogP contribution in [0.1, 0.15) is 23.0 Å². The fraction of sp³-hybridized carbons (Fsp3) is 0.412. The molecule has 0 aliphatic heterocycles. The van der Waals surface area contributed by atoms with E-state index in [1.54, 1.807) is 0 Å². The predicted molar refractivity (Wildman–Crippen MR) is 70.2 cm³/mol. The van der Waals surface area contributed by atoms with Gasteiger partial charge < -0.3 is 5.11 Å². The van der Waals surface area contributed by atoms with Gasteiger partial charge in [-0.05, 0) is 23.0 Å². The summed E-state index contributed by atoms with van der Waals surface area (Å²) in [4.78, 5) is 0. The summed E-state index contributed by atoms with van der Waals surface area (Å²) < 4.78 is 0. The van der Waals surface area contributed by atoms with Crippen LogP contribution in [0.25, 0.3) is 0 Å². The Morgan fingerprint density at radius 2 is 1.22 bits per heavy atom. The van der Waals surface area contributed by atoms with Gasteiger partial charge in [-0.25, -0.2) is 0 Å². The standard InChI is InChI=1S/C17H16O/c18-17-13-7-8-14(17)16-12-6-5-11(15(13)16)9-3-1-2-4-10(9)12/h1-8,11-18H/t11-,12+,13-,14-,15-,16-,17?/m0/s1. The third kappa shape index (κ3) is 0.883. The molecule has 0 saturated heterocycles. The fourth-order valence-electron chi connectivity index (χ4n) is 5.16. The molecule has 5 aliphatic carbocycles. The highest BCUT2D eigenvalue weighted by molar-refractivity contribution is 5.49. The van der Waals surface area contributed by atoms with Crippen LogP contribution in [0.2, 0.25) is 0 Å². The first-order valence-corrected chi connectivity index (χ1v) is 7.00. The van der Waals surface area contributed by atoms with E-state index < -0.39 is 0 Å². The van der Waals surface area contributed by atoms with Gasteiger partial charge in [-0.2, -0.15) is 0 Å². The first kappa shape index (κ1) is 9.57. The molecule has 7 atom stereocenters. The average Bonchev–Trinajstić information content (AvgIpc) is 2.94. The Morgan fingerprint density at radius 3 is 1.72 bits per heavy atom. The minimum Gasteiger partial charge on any atom is -0.392 e. The SMILES string of the molecule is OC1[C@H]2C=C[C@H]1[C@H]1[C@H]2[C@H]2C=C[C@@H]1c1ccccc12. The monoisotopic (exact) mass is 236 g/mol. The van der Waals surface area contributed by atoms with Crippen LogP contribution in [0, 0.1) is 23.7 Å². The zero-order chi connectivity index (χ0) is 11.9. The first-order valence-electron chi connectivity index (χ1n) is 7.00. The summed E-state index contributed by atoms with van der Waals surface area (Å²) in [6, 6.07) is 8.88. The highest BCUT2D eigenvalue weighted by atomic mass is 16.3. The van der Waals surface area contributed by atoms with Gasteiger partial charge in [-0.1, -0.05) is 48.6 Å². The van der Waals surface area contributed by atoms with Gasteiger partial charge in [0, 0.05) is 23.7 Å². The summed E-state index contributed by atoms with van der Waals surface area (Å²) in [5.41, 5.74) is 3.03. The number of hydrogen-bond acceptors (Lipinski definition) is 1. The van der Waals surface area contributed by atoms with Gasteiger partial charge in [-0.3, -0.25) is 0 Å². The van der Waals surface area contributed by atoms with Crippen molar-refractivity contribution in [2.24, 2.45) is 23.7 Å². The molecule has 6 rings (SSSR count). The van der Waals surface area contributed by atoms with Crippen LogP contribution >= 0.6 is 0 Å². The Balaban J connectivity index is 1.75. The Bertz CT molecular complexity index is 536. The van der Waals surface area contributed by atoms with Gasteiger partial charge in [0.05, 0.1) is 6.10 Å². The van der Waals surface area contributed by atoms with Crippen molar-refractivity contribution in [3.05, 3.63) is 59.7 Å². The van der Waals surface area contributed by atoms with E-state index >= 15 is 0 Å². The highest BCUT2D eigenvalue weighted by Crippen LogP contribution is 2.64. The van der Waals surface area contributed by atoms with Crippen molar-refractivity contribution in [3.63, 3.8) is 0 Å². The number of rotatable bonds is 0. The molecule has 0 heterocycles. The summed E-state index contributed by atoms with van der Waals surface area (Å²) in [7, 11) is 0. The molecule has 1 nitrogen and oxygen atoms in total. The summed E-state index contributed by atoms with van der Waals surface area (Å²) in [6.07, 6.45) is 9.21. The van der Waals surface area contributed by atoms with Crippen molar-refractivity contribution >= 4 is 0 Å². The highest BCUT2D eigenvalue weighted by Gasteiger charge is 2.59. The van der Waals surface area contributed by atoms with Gasteiger partial charge in [0.1, 0.15) is 0 Å². The molecule has 1 unspecified atom stereocenters. The Kier molecular flexibility index (Phi) is 1.58. The quantitative estimate of drug-likeness (QED) is 0.687. The van der Waals surface area contributed by atoms with E-state index in [2.05, 4.69) is 48.6 Å². The second-order valence-corrected chi connectivity index (χ2v) is 6.25. The Hall–Kier alpha value is -1.34. The van der Waals surface area contributed by atoms with Gasteiger partial charge in [0.25, 0.3) is 0 Å². The predicted octanol–water partition coefficient (Wildman–Crippen LogP) is 2.85. The molecule has 1 N–H and O–H groups in total. The maximum absolute atomic E-state index is 10.4. The number of aliphatic hydroxyl groups excluding tert-OH is 1. The summed E-state index contributed by atoms with van der Waals surface area (Å²) in [5.74, 6) is 3.13. The third-order valence-corrected chi connectivity index (χ3v) is 5.75. The number of fused-ring (bicyclic) bond motifs is 2. The topological polar surface area (TPSA) is 20.2 Å². The number of aliphatic hydroxyl groups is 1. The molecule has 18 heavy (non-hydrogen) atoms. The number of hydrogen-bond donors (Lipinski definition) is 1. The lowest BCUT2D eigenvalue weighted by Gasteiger charge is -2.46. The van der Waals surface area contributed by atoms with Crippen LogP contribution < -0.4 is 0 Å². The number of allylic oxidation sites excluding steroid dienone is 2. The second kappa shape index (κ2) is 2.97. The summed E-state index contributed by atoms with van der Waals surface area (Å²) in [5, 5.41) is 10.4. The van der Waals surface area contributed by atoms with Crippen molar-refractivity contribution in [3.8, 4) is 0 Å². The summed E-state index contributed by atoms with van der Waals surface area (Å²) >= 11 is 0. The van der Waals surface area contributed by atoms with E-state index in [4.69, 9.17) is 0 Å². The Morgan fingerprint density at radius 1 is 0.722 bits per heavy atom. The van der Waals surface area contributed by atoms with E-state index in [1.165, 1.54) is 11.1 Å². The van der Waals surface area contributed by atoms with Crippen LogP contribution in [0.5, 0.6) is 0 Å². The Labute approximate surface area is 107 Å². The molecular weight excluding hydrogens is 220 g/mol. The number of benzene rings is 1. The van der Waals surface area contributed by atoms with Gasteiger partial charge in [0.2, 0.25) is 0 Å². The smallest absolute Gasteiger partial charge is 0.0671 e. The molecule has 5 aliphatic rings. The van der Waals surface area contributed by atoms with E-state index in [0.29, 0.717) is 35.5 Å². The van der Waals surface area contributed by atoms with E-state index in [-0.39, 0.29) is 6.10 Å². The minimum atomic E-state index is -0.126. The molecule has 0 aromatic heterocycles. The van der Waals surface area contributed by atoms with Crippen molar-refractivity contribution in [2.45, 2.75) is 17.9 Å². The molecule has 90 valence electrons. The van der Waals surface area contributed by atoms with Crippen molar-refractivity contribution in [1.82, 2.24) is 0 Å². The van der Waals surface area contributed by atoms with E-state index in [1.807, 2.05) is 0 Å². The molecule has 0 amide bonds. The maximum Gasteiger partial charge on any atom is 0.0671 e. The second-order valence-electron chi connectivity index (χ2n) is 6.25. The van der Waals surface area contributed by atoms with Crippen LogP contribution in [-0.4, -0.2) is 11.2 Å². The van der Waals surface area contributed by atoms with Crippen molar-refractivity contribution in [1.29, 1.82) is 0 Å².